The van der Waals surface area contributed by atoms with Crippen LogP contribution in [0.1, 0.15) is 16.6 Å². The third-order valence-corrected chi connectivity index (χ3v) is 6.59. The molecule has 0 spiro atoms. The number of carbonyl (C=O) groups is 1. The summed E-state index contributed by atoms with van der Waals surface area (Å²) in [5.41, 5.74) is 1.39. The van der Waals surface area contributed by atoms with Crippen LogP contribution in [0.15, 0.2) is 66.7 Å². The second-order valence-electron chi connectivity index (χ2n) is 6.76. The first kappa shape index (κ1) is 22.4. The molecule has 168 valence electrons. The first-order valence-corrected chi connectivity index (χ1v) is 11.6. The molecule has 0 saturated carbocycles. The summed E-state index contributed by atoms with van der Waals surface area (Å²) in [4.78, 5) is 29.7. The van der Waals surface area contributed by atoms with Crippen LogP contribution in [0.2, 0.25) is 0 Å². The molecule has 0 fully saturated rings. The summed E-state index contributed by atoms with van der Waals surface area (Å²) >= 11 is 2.05. The molecule has 0 atom stereocenters. The van der Waals surface area contributed by atoms with Crippen LogP contribution >= 0.6 is 22.7 Å². The van der Waals surface area contributed by atoms with E-state index in [4.69, 9.17) is 9.47 Å². The Kier molecular flexibility index (Phi) is 6.66. The van der Waals surface area contributed by atoms with Crippen LogP contribution in [-0.2, 0) is 0 Å². The summed E-state index contributed by atoms with van der Waals surface area (Å²) < 4.78 is 11.6. The molecule has 0 bridgehead atoms. The van der Waals surface area contributed by atoms with E-state index in [0.29, 0.717) is 28.2 Å². The summed E-state index contributed by atoms with van der Waals surface area (Å²) in [6, 6.07) is 19.5. The fourth-order valence-electron chi connectivity index (χ4n) is 2.95. The van der Waals surface area contributed by atoms with E-state index in [1.54, 1.807) is 7.05 Å². The van der Waals surface area contributed by atoms with Gasteiger partial charge in [-0.3, -0.25) is 19.8 Å². The molecule has 1 amide bonds. The number of aromatic nitrogens is 1. The fourth-order valence-corrected chi connectivity index (χ4v) is 4.67. The molecule has 0 aliphatic carbocycles. The summed E-state index contributed by atoms with van der Waals surface area (Å²) in [5.74, 6) is 1.00. The SMILES string of the molecule is CCOc1ccc(-c2nc(N(C)C(=O)c3ccc([N+](=O)[O-])s3)sc2Oc2ccccc2)cc1. The number of ether oxygens (including phenoxy) is 2. The van der Waals surface area contributed by atoms with E-state index in [1.165, 1.54) is 28.4 Å². The van der Waals surface area contributed by atoms with Gasteiger partial charge < -0.3 is 9.47 Å². The number of carbonyl (C=O) groups excluding carboxylic acids is 1. The minimum atomic E-state index is -0.513. The minimum Gasteiger partial charge on any atom is -0.494 e. The fraction of sp³-hybridized carbons (Fsp3) is 0.130. The lowest BCUT2D eigenvalue weighted by atomic mass is 10.1. The highest BCUT2D eigenvalue weighted by molar-refractivity contribution is 7.19. The summed E-state index contributed by atoms with van der Waals surface area (Å²) in [5, 5.41) is 11.8. The highest BCUT2D eigenvalue weighted by Crippen LogP contribution is 2.42. The summed E-state index contributed by atoms with van der Waals surface area (Å²) in [6.07, 6.45) is 0. The van der Waals surface area contributed by atoms with Crippen LogP contribution in [0, 0.1) is 10.1 Å². The number of nitrogens with zero attached hydrogens (tertiary/aromatic N) is 3. The predicted molar refractivity (Wildman–Crippen MR) is 129 cm³/mol. The average molecular weight is 482 g/mol. The van der Waals surface area contributed by atoms with Gasteiger partial charge in [-0.15, -0.1) is 0 Å². The molecule has 8 nitrogen and oxygen atoms in total. The summed E-state index contributed by atoms with van der Waals surface area (Å²) in [7, 11) is 1.58. The molecule has 0 N–H and O–H groups in total. The Morgan fingerprint density at radius 3 is 2.39 bits per heavy atom. The van der Waals surface area contributed by atoms with E-state index >= 15 is 0 Å². The maximum atomic E-state index is 12.9. The number of nitro groups is 1. The van der Waals surface area contributed by atoms with Crippen LogP contribution in [0.25, 0.3) is 11.3 Å². The molecule has 33 heavy (non-hydrogen) atoms. The molecule has 10 heteroatoms. The zero-order valence-corrected chi connectivity index (χ0v) is 19.4. The predicted octanol–water partition coefficient (Wildman–Crippen LogP) is 6.25. The lowest BCUT2D eigenvalue weighted by Gasteiger charge is -2.11. The number of thiazole rings is 1. The molecule has 0 aliphatic heterocycles. The maximum Gasteiger partial charge on any atom is 0.324 e. The van der Waals surface area contributed by atoms with Crippen molar-refractivity contribution in [2.75, 3.05) is 18.6 Å². The van der Waals surface area contributed by atoms with Gasteiger partial charge in [-0.05, 0) is 49.4 Å². The van der Waals surface area contributed by atoms with E-state index < -0.39 is 4.92 Å². The molecule has 0 saturated heterocycles. The van der Waals surface area contributed by atoms with Gasteiger partial charge in [0.05, 0.1) is 16.4 Å². The molecule has 0 unspecified atom stereocenters. The minimum absolute atomic E-state index is 0.0888. The maximum absolute atomic E-state index is 12.9. The van der Waals surface area contributed by atoms with Crippen LogP contribution < -0.4 is 14.4 Å². The molecule has 2 aromatic carbocycles. The Labute approximate surface area is 197 Å². The highest BCUT2D eigenvalue weighted by atomic mass is 32.1. The van der Waals surface area contributed by atoms with Gasteiger partial charge in [0.1, 0.15) is 17.2 Å². The van der Waals surface area contributed by atoms with Crippen LogP contribution in [-0.4, -0.2) is 29.5 Å². The molecular weight excluding hydrogens is 462 g/mol. The normalized spacial score (nSPS) is 10.6. The van der Waals surface area contributed by atoms with Crippen LogP contribution in [0.3, 0.4) is 0 Å². The zero-order chi connectivity index (χ0) is 23.4. The number of hydrogen-bond donors (Lipinski definition) is 0. The molecule has 0 aliphatic rings. The van der Waals surface area contributed by atoms with E-state index in [2.05, 4.69) is 4.98 Å². The Hall–Kier alpha value is -3.76. The van der Waals surface area contributed by atoms with E-state index in [0.717, 1.165) is 22.6 Å². The number of thiophene rings is 1. The van der Waals surface area contributed by atoms with Crippen molar-refractivity contribution < 1.29 is 19.2 Å². The van der Waals surface area contributed by atoms with Crippen molar-refractivity contribution in [3.63, 3.8) is 0 Å². The van der Waals surface area contributed by atoms with Gasteiger partial charge >= 0.3 is 5.00 Å². The van der Waals surface area contributed by atoms with Crippen molar-refractivity contribution >= 4 is 38.7 Å². The third kappa shape index (κ3) is 5.02. The van der Waals surface area contributed by atoms with Gasteiger partial charge in [0.15, 0.2) is 5.13 Å². The Balaban J connectivity index is 1.68. The molecule has 2 heterocycles. The van der Waals surface area contributed by atoms with Gasteiger partial charge in [-0.25, -0.2) is 4.98 Å². The molecule has 4 aromatic rings. The third-order valence-electron chi connectivity index (χ3n) is 4.55. The van der Waals surface area contributed by atoms with Gasteiger partial charge in [0, 0.05) is 18.7 Å². The van der Waals surface area contributed by atoms with Gasteiger partial charge in [-0.1, -0.05) is 40.9 Å². The number of rotatable bonds is 8. The van der Waals surface area contributed by atoms with Crippen molar-refractivity contribution in [1.82, 2.24) is 4.98 Å². The van der Waals surface area contributed by atoms with Crippen molar-refractivity contribution in [2.45, 2.75) is 6.92 Å². The van der Waals surface area contributed by atoms with Crippen molar-refractivity contribution in [3.8, 4) is 27.8 Å². The second kappa shape index (κ2) is 9.80. The topological polar surface area (TPSA) is 94.8 Å². The van der Waals surface area contributed by atoms with E-state index in [-0.39, 0.29) is 15.8 Å². The van der Waals surface area contributed by atoms with E-state index in [9.17, 15) is 14.9 Å². The summed E-state index contributed by atoms with van der Waals surface area (Å²) in [6.45, 7) is 2.48. The number of amides is 1. The first-order chi connectivity index (χ1) is 16.0. The quantitative estimate of drug-likeness (QED) is 0.218. The standard InChI is InChI=1S/C23H19N3O5S2/c1-3-30-16-11-9-15(10-12-16)20-22(31-17-7-5-4-6-8-17)33-23(24-20)25(2)21(27)18-13-14-19(32-18)26(28)29/h4-14H,3H2,1-2H3. The molecule has 0 radical (unpaired) electrons. The van der Waals surface area contributed by atoms with Gasteiger partial charge in [-0.2, -0.15) is 0 Å². The van der Waals surface area contributed by atoms with Crippen LogP contribution in [0.5, 0.6) is 16.6 Å². The average Bonchev–Trinajstić information content (AvgIpc) is 3.48. The lowest BCUT2D eigenvalue weighted by molar-refractivity contribution is -0.380. The smallest absolute Gasteiger partial charge is 0.324 e. The van der Waals surface area contributed by atoms with E-state index in [1.807, 2.05) is 61.5 Å². The molecular formula is C23H19N3O5S2. The van der Waals surface area contributed by atoms with Crippen molar-refractivity contribution in [3.05, 3.63) is 81.7 Å². The number of benzene rings is 2. The van der Waals surface area contributed by atoms with Gasteiger partial charge in [0.2, 0.25) is 5.06 Å². The second-order valence-corrected chi connectivity index (χ2v) is 8.77. The van der Waals surface area contributed by atoms with Crippen molar-refractivity contribution in [1.29, 1.82) is 0 Å². The molecule has 2 aromatic heterocycles. The Morgan fingerprint density at radius 1 is 1.03 bits per heavy atom. The largest absolute Gasteiger partial charge is 0.494 e. The number of anilines is 1. The lowest BCUT2D eigenvalue weighted by Crippen LogP contribution is -2.25. The Bertz CT molecular complexity index is 1270. The monoisotopic (exact) mass is 481 g/mol. The highest BCUT2D eigenvalue weighted by Gasteiger charge is 2.24. The number of hydrogen-bond acceptors (Lipinski definition) is 8. The Morgan fingerprint density at radius 2 is 1.76 bits per heavy atom. The van der Waals surface area contributed by atoms with Crippen LogP contribution in [0.4, 0.5) is 10.1 Å². The zero-order valence-electron chi connectivity index (χ0n) is 17.8. The van der Waals surface area contributed by atoms with Crippen molar-refractivity contribution in [2.24, 2.45) is 0 Å². The first-order valence-electron chi connectivity index (χ1n) is 9.95. The molecule has 4 rings (SSSR count). The number of para-hydroxylation sites is 1. The van der Waals surface area contributed by atoms with Gasteiger partial charge in [0.25, 0.3) is 5.91 Å².